The first-order valence-electron chi connectivity index (χ1n) is 9.95. The van der Waals surface area contributed by atoms with Gasteiger partial charge in [0.15, 0.2) is 0 Å². The van der Waals surface area contributed by atoms with Crippen LogP contribution in [0.25, 0.3) is 0 Å². The van der Waals surface area contributed by atoms with Crippen LogP contribution in [0.4, 0.5) is 15.8 Å². The molecule has 0 saturated carbocycles. The van der Waals surface area contributed by atoms with E-state index in [9.17, 15) is 22.4 Å². The number of sulfonamides is 1. The van der Waals surface area contributed by atoms with Crippen LogP contribution in [0.2, 0.25) is 5.02 Å². The van der Waals surface area contributed by atoms with Crippen LogP contribution in [-0.4, -0.2) is 43.7 Å². The van der Waals surface area contributed by atoms with E-state index in [0.29, 0.717) is 42.2 Å². The molecule has 2 aliphatic rings. The summed E-state index contributed by atoms with van der Waals surface area (Å²) in [5.74, 6) is -0.999. The van der Waals surface area contributed by atoms with E-state index in [1.165, 1.54) is 12.1 Å². The molecule has 7 nitrogen and oxygen atoms in total. The van der Waals surface area contributed by atoms with Crippen molar-refractivity contribution in [2.24, 2.45) is 0 Å². The van der Waals surface area contributed by atoms with Crippen molar-refractivity contribution in [3.63, 3.8) is 0 Å². The van der Waals surface area contributed by atoms with Crippen LogP contribution in [0.15, 0.2) is 47.4 Å². The average molecular weight is 466 g/mol. The van der Waals surface area contributed by atoms with Gasteiger partial charge in [-0.05, 0) is 61.7 Å². The normalized spacial score (nSPS) is 19.7. The van der Waals surface area contributed by atoms with Gasteiger partial charge in [-0.3, -0.25) is 9.59 Å². The van der Waals surface area contributed by atoms with E-state index in [1.807, 2.05) is 0 Å². The molecule has 2 aliphatic heterocycles. The minimum atomic E-state index is -3.94. The molecule has 0 spiro atoms. The minimum Gasteiger partial charge on any atom is -0.325 e. The zero-order chi connectivity index (χ0) is 22.2. The first-order chi connectivity index (χ1) is 14.8. The summed E-state index contributed by atoms with van der Waals surface area (Å²) < 4.78 is 40.2. The molecule has 164 valence electrons. The largest absolute Gasteiger partial charge is 0.325 e. The predicted octanol–water partition coefficient (Wildman–Crippen LogP) is 3.40. The third-order valence-electron chi connectivity index (χ3n) is 5.51. The molecular formula is C21H21ClFN3O4S. The molecule has 4 rings (SSSR count). The zero-order valence-electron chi connectivity index (χ0n) is 16.6. The quantitative estimate of drug-likeness (QED) is 0.733. The van der Waals surface area contributed by atoms with Crippen LogP contribution in [0.5, 0.6) is 0 Å². The molecule has 2 aromatic rings. The molecule has 2 fully saturated rings. The topological polar surface area (TPSA) is 86.8 Å². The summed E-state index contributed by atoms with van der Waals surface area (Å²) in [6, 6.07) is 8.51. The lowest BCUT2D eigenvalue weighted by molar-refractivity contribution is -0.119. The number of carbonyl (C=O) groups excluding carboxylic acids is 2. The van der Waals surface area contributed by atoms with Crippen LogP contribution in [-0.2, 0) is 19.6 Å². The molecule has 2 aromatic carbocycles. The van der Waals surface area contributed by atoms with Crippen molar-refractivity contribution in [1.82, 2.24) is 4.31 Å². The molecule has 1 atom stereocenters. The van der Waals surface area contributed by atoms with Gasteiger partial charge in [-0.1, -0.05) is 11.6 Å². The second-order valence-electron chi connectivity index (χ2n) is 7.53. The highest BCUT2D eigenvalue weighted by Gasteiger charge is 2.39. The molecule has 0 radical (unpaired) electrons. The van der Waals surface area contributed by atoms with E-state index >= 15 is 0 Å². The number of rotatable bonds is 5. The number of carbonyl (C=O) groups is 2. The van der Waals surface area contributed by atoms with Crippen molar-refractivity contribution < 1.29 is 22.4 Å². The lowest BCUT2D eigenvalue weighted by atomic mass is 10.2. The lowest BCUT2D eigenvalue weighted by Crippen LogP contribution is -2.43. The smallest absolute Gasteiger partial charge is 0.243 e. The molecule has 10 heteroatoms. The van der Waals surface area contributed by atoms with Crippen molar-refractivity contribution in [3.05, 3.63) is 53.3 Å². The van der Waals surface area contributed by atoms with Crippen molar-refractivity contribution in [1.29, 1.82) is 0 Å². The Hall–Kier alpha value is -2.49. The molecule has 2 saturated heterocycles. The van der Waals surface area contributed by atoms with E-state index in [4.69, 9.17) is 11.6 Å². The Morgan fingerprint density at radius 3 is 2.48 bits per heavy atom. The Morgan fingerprint density at radius 2 is 1.84 bits per heavy atom. The Balaban J connectivity index is 1.51. The third-order valence-corrected chi connectivity index (χ3v) is 7.73. The molecule has 2 amide bonds. The summed E-state index contributed by atoms with van der Waals surface area (Å²) in [5.41, 5.74) is 1.000. The molecule has 0 bridgehead atoms. The van der Waals surface area contributed by atoms with Crippen LogP contribution in [0, 0.1) is 5.82 Å². The van der Waals surface area contributed by atoms with Crippen molar-refractivity contribution in [2.75, 3.05) is 23.3 Å². The third kappa shape index (κ3) is 4.30. The number of amides is 2. The fraction of sp³-hybridized carbons (Fsp3) is 0.333. The standard InChI is InChI=1S/C21H21ClFN3O4S/c22-17-13-15(7-10-18(17)25-11-2-4-20(25)27)24-21(28)19-3-1-12-26(19)31(29,30)16-8-5-14(23)6-9-16/h5-10,13,19H,1-4,11-12H2,(H,24,28). The number of hydrogen-bond donors (Lipinski definition) is 1. The highest BCUT2D eigenvalue weighted by molar-refractivity contribution is 7.89. The molecule has 0 aromatic heterocycles. The van der Waals surface area contributed by atoms with E-state index < -0.39 is 27.8 Å². The van der Waals surface area contributed by atoms with Gasteiger partial charge < -0.3 is 10.2 Å². The Kier molecular flexibility index (Phi) is 6.00. The van der Waals surface area contributed by atoms with Gasteiger partial charge in [-0.15, -0.1) is 0 Å². The molecule has 31 heavy (non-hydrogen) atoms. The van der Waals surface area contributed by atoms with Crippen molar-refractivity contribution in [3.8, 4) is 0 Å². The number of hydrogen-bond acceptors (Lipinski definition) is 4. The Bertz CT molecular complexity index is 1120. The summed E-state index contributed by atoms with van der Waals surface area (Å²) in [4.78, 5) is 26.4. The second kappa shape index (κ2) is 8.57. The Morgan fingerprint density at radius 1 is 1.10 bits per heavy atom. The number of benzene rings is 2. The summed E-state index contributed by atoms with van der Waals surface area (Å²) >= 11 is 6.33. The lowest BCUT2D eigenvalue weighted by Gasteiger charge is -2.24. The Labute approximate surface area is 184 Å². The average Bonchev–Trinajstić information content (AvgIpc) is 3.38. The van der Waals surface area contributed by atoms with Gasteiger partial charge in [0.1, 0.15) is 11.9 Å². The van der Waals surface area contributed by atoms with Crippen LogP contribution in [0.1, 0.15) is 25.7 Å². The van der Waals surface area contributed by atoms with Gasteiger partial charge in [0.2, 0.25) is 21.8 Å². The maximum absolute atomic E-state index is 13.2. The van der Waals surface area contributed by atoms with Gasteiger partial charge in [-0.25, -0.2) is 12.8 Å². The van der Waals surface area contributed by atoms with Gasteiger partial charge in [0.25, 0.3) is 0 Å². The van der Waals surface area contributed by atoms with Crippen LogP contribution < -0.4 is 10.2 Å². The van der Waals surface area contributed by atoms with Crippen molar-refractivity contribution in [2.45, 2.75) is 36.6 Å². The molecule has 2 heterocycles. The summed E-state index contributed by atoms with van der Waals surface area (Å²) in [6.45, 7) is 0.803. The number of halogens is 2. The maximum Gasteiger partial charge on any atom is 0.243 e. The molecule has 0 aliphatic carbocycles. The SMILES string of the molecule is O=C(Nc1ccc(N2CCCC2=O)c(Cl)c1)C1CCCN1S(=O)(=O)c1ccc(F)cc1. The number of nitrogens with one attached hydrogen (secondary N) is 1. The molecule has 1 unspecified atom stereocenters. The van der Waals surface area contributed by atoms with Gasteiger partial charge in [-0.2, -0.15) is 4.31 Å². The van der Waals surface area contributed by atoms with Gasteiger partial charge in [0, 0.05) is 25.2 Å². The molecule has 1 N–H and O–H groups in total. The van der Waals surface area contributed by atoms with E-state index in [0.717, 1.165) is 22.9 Å². The first-order valence-corrected chi connectivity index (χ1v) is 11.8. The monoisotopic (exact) mass is 465 g/mol. The summed E-state index contributed by atoms with van der Waals surface area (Å²) in [6.07, 6.45) is 2.16. The minimum absolute atomic E-state index is 0.00582. The highest BCUT2D eigenvalue weighted by atomic mass is 35.5. The first kappa shape index (κ1) is 21.7. The van der Waals surface area contributed by atoms with E-state index in [1.54, 1.807) is 23.1 Å². The summed E-state index contributed by atoms with van der Waals surface area (Å²) in [5, 5.41) is 3.05. The fourth-order valence-corrected chi connectivity index (χ4v) is 5.90. The van der Waals surface area contributed by atoms with E-state index in [2.05, 4.69) is 5.32 Å². The second-order valence-corrected chi connectivity index (χ2v) is 9.83. The predicted molar refractivity (Wildman–Crippen MR) is 115 cm³/mol. The van der Waals surface area contributed by atoms with Gasteiger partial charge in [0.05, 0.1) is 15.6 Å². The fourth-order valence-electron chi connectivity index (χ4n) is 3.96. The molecular weight excluding hydrogens is 445 g/mol. The van der Waals surface area contributed by atoms with Gasteiger partial charge >= 0.3 is 0 Å². The van der Waals surface area contributed by atoms with Crippen LogP contribution >= 0.6 is 11.6 Å². The highest BCUT2D eigenvalue weighted by Crippen LogP contribution is 2.32. The maximum atomic E-state index is 13.2. The zero-order valence-corrected chi connectivity index (χ0v) is 18.1. The van der Waals surface area contributed by atoms with E-state index in [-0.39, 0.29) is 17.3 Å². The number of nitrogens with zero attached hydrogens (tertiary/aromatic N) is 2. The van der Waals surface area contributed by atoms with Crippen LogP contribution in [0.3, 0.4) is 0 Å². The van der Waals surface area contributed by atoms with Crippen molar-refractivity contribution >= 4 is 44.8 Å². The number of anilines is 2. The summed E-state index contributed by atoms with van der Waals surface area (Å²) in [7, 11) is -3.94.